The molecule has 2 unspecified atom stereocenters. The predicted molar refractivity (Wildman–Crippen MR) is 116 cm³/mol. The number of methoxy groups -OCH3 is 1. The first kappa shape index (κ1) is 25.7. The first-order chi connectivity index (χ1) is 14.7. The van der Waals surface area contributed by atoms with E-state index in [4.69, 9.17) is 23.8 Å². The molecule has 174 valence electrons. The highest BCUT2D eigenvalue weighted by Gasteiger charge is 2.48. The second-order valence-electron chi connectivity index (χ2n) is 7.81. The number of aromatic amines is 1. The van der Waals surface area contributed by atoms with E-state index >= 15 is 0 Å². The average Bonchev–Trinajstić information content (AvgIpc) is 3.04. The fraction of sp³-hybridized carbons (Fsp3) is 0.750. The van der Waals surface area contributed by atoms with E-state index in [1.165, 1.54) is 23.9 Å². The lowest BCUT2D eigenvalue weighted by atomic mass is 10.1. The molecule has 1 saturated heterocycles. The van der Waals surface area contributed by atoms with Gasteiger partial charge in [0.25, 0.3) is 14.1 Å². The lowest BCUT2D eigenvalue weighted by molar-refractivity contribution is -0.0539. The minimum Gasteiger partial charge on any atom is -0.374 e. The third-order valence-electron chi connectivity index (χ3n) is 4.96. The Morgan fingerprint density at radius 3 is 2.48 bits per heavy atom. The monoisotopic (exact) mass is 456 g/mol. The summed E-state index contributed by atoms with van der Waals surface area (Å²) in [5.41, 5.74) is -1.06. The Kier molecular flexibility index (Phi) is 9.82. The molecule has 0 saturated carbocycles. The third-order valence-corrected chi connectivity index (χ3v) is 7.09. The summed E-state index contributed by atoms with van der Waals surface area (Å²) in [5.74, 6) is 0. The van der Waals surface area contributed by atoms with Gasteiger partial charge in [-0.25, -0.2) is 9.46 Å². The van der Waals surface area contributed by atoms with Crippen LogP contribution in [-0.4, -0.2) is 58.3 Å². The van der Waals surface area contributed by atoms with E-state index in [1.807, 2.05) is 6.92 Å². The summed E-state index contributed by atoms with van der Waals surface area (Å²) in [4.78, 5) is 26.1. The molecule has 0 radical (unpaired) electrons. The molecule has 1 aromatic rings. The standard InChI is InChI=1S/C20H33N4O6P/c1-7-15-17(30-31(28-12-8-10-21)24(13(2)3)14(4)5)18(27-6)19(29-15)23-11-9-16(25)22-20(23)26/h9,11,13-15,17-19H,7-8,12H2,1-6H3,(H,22,25,26)/t15-,17?,18+,19-,31?/m1/s1. The molecule has 1 aliphatic rings. The SMILES string of the molecule is CC[C@H]1O[C@@H](n2ccc(=O)[nH]c2=O)[C@@H](OC)C1OP(OCCC#N)N(C(C)C)C(C)C. The van der Waals surface area contributed by atoms with Crippen LogP contribution in [0, 0.1) is 11.3 Å². The highest BCUT2D eigenvalue weighted by atomic mass is 31.2. The van der Waals surface area contributed by atoms with Gasteiger partial charge in [-0.05, 0) is 34.1 Å². The molecule has 0 aromatic carbocycles. The van der Waals surface area contributed by atoms with Crippen LogP contribution < -0.4 is 11.2 Å². The minimum atomic E-state index is -1.51. The topological polar surface area (TPSA) is 119 Å². The van der Waals surface area contributed by atoms with Crippen LogP contribution in [0.1, 0.15) is 53.7 Å². The van der Waals surface area contributed by atoms with Crippen molar-refractivity contribution in [2.24, 2.45) is 0 Å². The molecule has 0 bridgehead atoms. The van der Waals surface area contributed by atoms with E-state index in [-0.39, 0.29) is 31.2 Å². The van der Waals surface area contributed by atoms with Crippen LogP contribution in [0.3, 0.4) is 0 Å². The van der Waals surface area contributed by atoms with Gasteiger partial charge in [0.1, 0.15) is 12.2 Å². The zero-order chi connectivity index (χ0) is 23.1. The Bertz CT molecular complexity index is 843. The summed E-state index contributed by atoms with van der Waals surface area (Å²) in [6.45, 7) is 10.5. The van der Waals surface area contributed by atoms with Crippen molar-refractivity contribution in [3.63, 3.8) is 0 Å². The molecule has 1 aliphatic heterocycles. The number of rotatable bonds is 11. The van der Waals surface area contributed by atoms with Crippen LogP contribution in [-0.2, 0) is 18.5 Å². The summed E-state index contributed by atoms with van der Waals surface area (Å²) < 4.78 is 27.8. The highest BCUT2D eigenvalue weighted by molar-refractivity contribution is 7.44. The molecule has 0 aliphatic carbocycles. The smallest absolute Gasteiger partial charge is 0.330 e. The largest absolute Gasteiger partial charge is 0.374 e. The molecule has 5 atom stereocenters. The Labute approximate surface area is 184 Å². The molecule has 0 amide bonds. The first-order valence-corrected chi connectivity index (χ1v) is 11.6. The summed E-state index contributed by atoms with van der Waals surface area (Å²) >= 11 is 0. The van der Waals surface area contributed by atoms with Gasteiger partial charge in [0, 0.05) is 31.5 Å². The number of ether oxygens (including phenoxy) is 2. The number of nitriles is 1. The van der Waals surface area contributed by atoms with Crippen molar-refractivity contribution in [3.05, 3.63) is 33.1 Å². The number of H-pyrrole nitrogens is 1. The van der Waals surface area contributed by atoms with Crippen LogP contribution in [0.5, 0.6) is 0 Å². The summed E-state index contributed by atoms with van der Waals surface area (Å²) in [6.07, 6.45) is 0.0725. The molecule has 1 aromatic heterocycles. The first-order valence-electron chi connectivity index (χ1n) is 10.5. The molecule has 0 spiro atoms. The Morgan fingerprint density at radius 2 is 1.97 bits per heavy atom. The molecule has 1 N–H and O–H groups in total. The van der Waals surface area contributed by atoms with Gasteiger partial charge in [0.2, 0.25) is 0 Å². The summed E-state index contributed by atoms with van der Waals surface area (Å²) in [5, 5.41) is 8.91. The van der Waals surface area contributed by atoms with Crippen LogP contribution >= 0.6 is 8.53 Å². The molecule has 31 heavy (non-hydrogen) atoms. The van der Waals surface area contributed by atoms with Crippen molar-refractivity contribution < 1.29 is 18.5 Å². The Hall–Kier alpha value is -1.60. The Balaban J connectivity index is 2.35. The van der Waals surface area contributed by atoms with Gasteiger partial charge in [-0.2, -0.15) is 5.26 Å². The number of hydrogen-bond acceptors (Lipinski definition) is 8. The summed E-state index contributed by atoms with van der Waals surface area (Å²) in [7, 11) is 0.0213. The Morgan fingerprint density at radius 1 is 1.29 bits per heavy atom. The van der Waals surface area contributed by atoms with Gasteiger partial charge in [0.05, 0.1) is 25.2 Å². The zero-order valence-electron chi connectivity index (χ0n) is 19.0. The number of nitrogens with zero attached hydrogens (tertiary/aromatic N) is 3. The van der Waals surface area contributed by atoms with Crippen LogP contribution in [0.25, 0.3) is 0 Å². The van der Waals surface area contributed by atoms with Crippen molar-refractivity contribution in [1.82, 2.24) is 14.2 Å². The van der Waals surface area contributed by atoms with Gasteiger partial charge in [-0.15, -0.1) is 0 Å². The number of hydrogen-bond donors (Lipinski definition) is 1. The molecule has 10 nitrogen and oxygen atoms in total. The van der Waals surface area contributed by atoms with Gasteiger partial charge in [0.15, 0.2) is 6.23 Å². The normalized spacial score (nSPS) is 24.8. The number of nitrogens with one attached hydrogen (secondary N) is 1. The van der Waals surface area contributed by atoms with Gasteiger partial charge in [-0.3, -0.25) is 14.3 Å². The second kappa shape index (κ2) is 11.9. The lowest BCUT2D eigenvalue weighted by Gasteiger charge is -2.38. The maximum absolute atomic E-state index is 12.3. The van der Waals surface area contributed by atoms with Crippen LogP contribution in [0.2, 0.25) is 0 Å². The average molecular weight is 456 g/mol. The highest BCUT2D eigenvalue weighted by Crippen LogP contribution is 2.50. The van der Waals surface area contributed by atoms with Crippen molar-refractivity contribution in [2.75, 3.05) is 13.7 Å². The van der Waals surface area contributed by atoms with E-state index in [9.17, 15) is 9.59 Å². The summed E-state index contributed by atoms with van der Waals surface area (Å²) in [6, 6.07) is 3.65. The zero-order valence-corrected chi connectivity index (χ0v) is 19.9. The molecule has 2 heterocycles. The molecular weight excluding hydrogens is 423 g/mol. The van der Waals surface area contributed by atoms with E-state index < -0.39 is 38.2 Å². The fourth-order valence-electron chi connectivity index (χ4n) is 3.66. The van der Waals surface area contributed by atoms with E-state index in [2.05, 4.69) is 43.4 Å². The third kappa shape index (κ3) is 6.22. The maximum atomic E-state index is 12.3. The van der Waals surface area contributed by atoms with Crippen molar-refractivity contribution in [1.29, 1.82) is 5.26 Å². The molecule has 1 fully saturated rings. The second-order valence-corrected chi connectivity index (χ2v) is 9.21. The lowest BCUT2D eigenvalue weighted by Crippen LogP contribution is -2.41. The minimum absolute atomic E-state index is 0.147. The maximum Gasteiger partial charge on any atom is 0.330 e. The van der Waals surface area contributed by atoms with Crippen molar-refractivity contribution in [3.8, 4) is 6.07 Å². The van der Waals surface area contributed by atoms with E-state index in [1.54, 1.807) is 0 Å². The van der Waals surface area contributed by atoms with Crippen LogP contribution in [0.4, 0.5) is 0 Å². The van der Waals surface area contributed by atoms with Crippen molar-refractivity contribution in [2.45, 2.75) is 84.1 Å². The fourth-order valence-corrected chi connectivity index (χ4v) is 5.43. The van der Waals surface area contributed by atoms with Crippen LogP contribution in [0.15, 0.2) is 21.9 Å². The van der Waals surface area contributed by atoms with E-state index in [0.717, 1.165) is 0 Å². The van der Waals surface area contributed by atoms with Gasteiger partial charge in [-0.1, -0.05) is 6.92 Å². The quantitative estimate of drug-likeness (QED) is 0.399. The predicted octanol–water partition coefficient (Wildman–Crippen LogP) is 2.52. The number of aromatic nitrogens is 2. The van der Waals surface area contributed by atoms with Gasteiger partial charge >= 0.3 is 5.69 Å². The molecule has 2 rings (SSSR count). The van der Waals surface area contributed by atoms with Crippen molar-refractivity contribution >= 4 is 8.53 Å². The van der Waals surface area contributed by atoms with E-state index in [0.29, 0.717) is 6.42 Å². The molecular formula is C20H33N4O6P. The van der Waals surface area contributed by atoms with Gasteiger partial charge < -0.3 is 18.5 Å². The molecule has 11 heteroatoms.